The van der Waals surface area contributed by atoms with Crippen LogP contribution >= 0.6 is 11.8 Å². The van der Waals surface area contributed by atoms with Crippen molar-refractivity contribution in [3.8, 4) is 5.75 Å². The second kappa shape index (κ2) is 10.3. The molecule has 1 aliphatic heterocycles. The highest BCUT2D eigenvalue weighted by Gasteiger charge is 2.24. The number of nitrogens with zero attached hydrogens (tertiary/aromatic N) is 1. The van der Waals surface area contributed by atoms with E-state index in [9.17, 15) is 9.59 Å². The molecule has 2 amide bonds. The number of thioether (sulfide) groups is 1. The van der Waals surface area contributed by atoms with Gasteiger partial charge in [-0.2, -0.15) is 16.9 Å². The number of hydrogen-bond donors (Lipinski definition) is 2. The summed E-state index contributed by atoms with van der Waals surface area (Å²) in [4.78, 5) is 24.6. The minimum Gasteiger partial charge on any atom is -0.485 e. The lowest BCUT2D eigenvalue weighted by atomic mass is 10.0. The number of hydrogen-bond acceptors (Lipinski definition) is 6. The molecular formula is C21H29N3O4S. The maximum atomic E-state index is 12.5. The Morgan fingerprint density at radius 2 is 2.07 bits per heavy atom. The van der Waals surface area contributed by atoms with Gasteiger partial charge in [-0.05, 0) is 58.3 Å². The molecule has 0 spiro atoms. The van der Waals surface area contributed by atoms with E-state index in [-0.39, 0.29) is 6.10 Å². The molecule has 1 aliphatic rings. The fraction of sp³-hybridized carbons (Fsp3) is 0.476. The van der Waals surface area contributed by atoms with E-state index in [1.807, 2.05) is 43.5 Å². The van der Waals surface area contributed by atoms with Gasteiger partial charge in [-0.3, -0.25) is 4.79 Å². The smallest absolute Gasteiger partial charge is 0.408 e. The van der Waals surface area contributed by atoms with Gasteiger partial charge < -0.3 is 14.8 Å². The van der Waals surface area contributed by atoms with Crippen LogP contribution in [0.2, 0.25) is 0 Å². The lowest BCUT2D eigenvalue weighted by Gasteiger charge is -2.23. The first kappa shape index (κ1) is 22.8. The van der Waals surface area contributed by atoms with Gasteiger partial charge in [-0.1, -0.05) is 18.2 Å². The summed E-state index contributed by atoms with van der Waals surface area (Å²) in [7, 11) is 0. The third-order valence-electron chi connectivity index (χ3n) is 4.02. The SMILES string of the molecule is CSCC[C@H](NC(=O)OC(C)(C)C)C(=O)N/N=C\C1=Cc2ccccc2O[C@H]1C. The van der Waals surface area contributed by atoms with Crippen molar-refractivity contribution in [3.63, 3.8) is 0 Å². The van der Waals surface area contributed by atoms with Crippen LogP contribution in [0.25, 0.3) is 6.08 Å². The lowest BCUT2D eigenvalue weighted by molar-refractivity contribution is -0.123. The second-order valence-corrected chi connectivity index (χ2v) is 8.64. The number of carbonyl (C=O) groups excluding carboxylic acids is 2. The average molecular weight is 420 g/mol. The van der Waals surface area contributed by atoms with Crippen LogP contribution in [-0.4, -0.2) is 48.0 Å². The zero-order chi connectivity index (χ0) is 21.4. The van der Waals surface area contributed by atoms with Gasteiger partial charge in [-0.15, -0.1) is 0 Å². The first-order valence-corrected chi connectivity index (χ1v) is 10.9. The molecule has 1 aromatic rings. The predicted octanol–water partition coefficient (Wildman–Crippen LogP) is 3.60. The average Bonchev–Trinajstić information content (AvgIpc) is 2.63. The number of para-hydroxylation sites is 1. The Morgan fingerprint density at radius 1 is 1.34 bits per heavy atom. The van der Waals surface area contributed by atoms with Crippen LogP contribution in [0, 0.1) is 0 Å². The van der Waals surface area contributed by atoms with Crippen LogP contribution in [-0.2, 0) is 9.53 Å². The Hall–Kier alpha value is -2.48. The molecule has 2 rings (SSSR count). The molecule has 0 unspecified atom stereocenters. The summed E-state index contributed by atoms with van der Waals surface area (Å²) in [5.41, 5.74) is 3.67. The van der Waals surface area contributed by atoms with Crippen molar-refractivity contribution in [1.82, 2.24) is 10.7 Å². The van der Waals surface area contributed by atoms with Gasteiger partial charge in [0.15, 0.2) is 0 Å². The molecule has 7 nitrogen and oxygen atoms in total. The minimum atomic E-state index is -0.732. The molecule has 2 N–H and O–H groups in total. The van der Waals surface area contributed by atoms with Gasteiger partial charge in [0, 0.05) is 11.1 Å². The van der Waals surface area contributed by atoms with E-state index in [0.29, 0.717) is 12.2 Å². The van der Waals surface area contributed by atoms with Crippen LogP contribution in [0.3, 0.4) is 0 Å². The first-order valence-electron chi connectivity index (χ1n) is 9.48. The zero-order valence-electron chi connectivity index (χ0n) is 17.5. The molecule has 0 fully saturated rings. The molecule has 0 saturated heterocycles. The molecule has 2 atom stereocenters. The molecule has 0 bridgehead atoms. The van der Waals surface area contributed by atoms with Crippen molar-refractivity contribution in [3.05, 3.63) is 35.4 Å². The van der Waals surface area contributed by atoms with E-state index in [1.54, 1.807) is 38.7 Å². The highest BCUT2D eigenvalue weighted by Crippen LogP contribution is 2.28. The highest BCUT2D eigenvalue weighted by molar-refractivity contribution is 7.98. The van der Waals surface area contributed by atoms with Crippen LogP contribution in [0.5, 0.6) is 5.75 Å². The molecular weight excluding hydrogens is 390 g/mol. The Morgan fingerprint density at radius 3 is 2.76 bits per heavy atom. The summed E-state index contributed by atoms with van der Waals surface area (Å²) in [6.45, 7) is 7.23. The van der Waals surface area contributed by atoms with Gasteiger partial charge in [0.1, 0.15) is 23.5 Å². The molecule has 0 saturated carbocycles. The topological polar surface area (TPSA) is 89.0 Å². The third-order valence-corrected chi connectivity index (χ3v) is 4.66. The van der Waals surface area contributed by atoms with Gasteiger partial charge in [0.25, 0.3) is 5.91 Å². The van der Waals surface area contributed by atoms with Crippen molar-refractivity contribution in [1.29, 1.82) is 0 Å². The van der Waals surface area contributed by atoms with Crippen molar-refractivity contribution in [2.45, 2.75) is 51.9 Å². The zero-order valence-corrected chi connectivity index (χ0v) is 18.3. The Kier molecular flexibility index (Phi) is 8.13. The summed E-state index contributed by atoms with van der Waals surface area (Å²) in [6.07, 6.45) is 5.14. The van der Waals surface area contributed by atoms with E-state index >= 15 is 0 Å². The number of benzene rings is 1. The van der Waals surface area contributed by atoms with E-state index in [0.717, 1.165) is 16.9 Å². The minimum absolute atomic E-state index is 0.183. The van der Waals surface area contributed by atoms with Gasteiger partial charge >= 0.3 is 6.09 Å². The second-order valence-electron chi connectivity index (χ2n) is 7.66. The van der Waals surface area contributed by atoms with Crippen molar-refractivity contribution in [2.75, 3.05) is 12.0 Å². The summed E-state index contributed by atoms with van der Waals surface area (Å²) in [5.74, 6) is 1.14. The van der Waals surface area contributed by atoms with Crippen LogP contribution < -0.4 is 15.5 Å². The highest BCUT2D eigenvalue weighted by atomic mass is 32.2. The Bertz CT molecular complexity index is 786. The number of carbonyl (C=O) groups is 2. The van der Waals surface area contributed by atoms with Gasteiger partial charge in [0.05, 0.1) is 6.21 Å². The fourth-order valence-electron chi connectivity index (χ4n) is 2.61. The number of amides is 2. The standard InChI is InChI=1S/C21H29N3O4S/c1-14-16(12-15-8-6-7-9-18(15)27-14)13-22-24-19(25)17(10-11-29-5)23-20(26)28-21(2,3)4/h6-9,12-14,17H,10-11H2,1-5H3,(H,23,26)(H,24,25)/b22-13-/t14-,17-/m0/s1. The molecule has 0 radical (unpaired) electrons. The lowest BCUT2D eigenvalue weighted by Crippen LogP contribution is -2.47. The normalized spacial score (nSPS) is 17.0. The predicted molar refractivity (Wildman–Crippen MR) is 117 cm³/mol. The van der Waals surface area contributed by atoms with Crippen molar-refractivity contribution in [2.24, 2.45) is 5.10 Å². The van der Waals surface area contributed by atoms with Crippen LogP contribution in [0.15, 0.2) is 34.9 Å². The van der Waals surface area contributed by atoms with Crippen LogP contribution in [0.4, 0.5) is 4.79 Å². The molecule has 1 aromatic carbocycles. The molecule has 29 heavy (non-hydrogen) atoms. The molecule has 1 heterocycles. The molecule has 0 aliphatic carbocycles. The Labute approximate surface area is 176 Å². The number of nitrogens with one attached hydrogen (secondary N) is 2. The number of ether oxygens (including phenoxy) is 2. The molecule has 8 heteroatoms. The van der Waals surface area contributed by atoms with Crippen molar-refractivity contribution < 1.29 is 19.1 Å². The monoisotopic (exact) mass is 419 g/mol. The maximum absolute atomic E-state index is 12.5. The number of rotatable bonds is 7. The van der Waals surface area contributed by atoms with Gasteiger partial charge in [-0.25, -0.2) is 10.2 Å². The van der Waals surface area contributed by atoms with Crippen molar-refractivity contribution >= 4 is 36.1 Å². The van der Waals surface area contributed by atoms with Crippen LogP contribution in [0.1, 0.15) is 39.7 Å². The number of alkyl carbamates (subject to hydrolysis) is 1. The van der Waals surface area contributed by atoms with Gasteiger partial charge in [0.2, 0.25) is 0 Å². The van der Waals surface area contributed by atoms with E-state index in [4.69, 9.17) is 9.47 Å². The molecule has 158 valence electrons. The quantitative estimate of drug-likeness (QED) is 0.521. The third kappa shape index (κ3) is 7.45. The summed E-state index contributed by atoms with van der Waals surface area (Å²) >= 11 is 1.59. The summed E-state index contributed by atoms with van der Waals surface area (Å²) in [5, 5.41) is 6.68. The molecule has 0 aromatic heterocycles. The number of fused-ring (bicyclic) bond motifs is 1. The summed E-state index contributed by atoms with van der Waals surface area (Å²) < 4.78 is 11.1. The van der Waals surface area contributed by atoms with E-state index < -0.39 is 23.6 Å². The largest absolute Gasteiger partial charge is 0.485 e. The number of hydrazone groups is 1. The summed E-state index contributed by atoms with van der Waals surface area (Å²) in [6, 6.07) is 6.99. The van der Waals surface area contributed by atoms with E-state index in [2.05, 4.69) is 15.8 Å². The van der Waals surface area contributed by atoms with E-state index in [1.165, 1.54) is 0 Å². The fourth-order valence-corrected chi connectivity index (χ4v) is 3.08. The Balaban J connectivity index is 1.99. The maximum Gasteiger partial charge on any atom is 0.408 e. The first-order chi connectivity index (χ1) is 13.7.